The topological polar surface area (TPSA) is 60.2 Å². The maximum Gasteiger partial charge on any atom is 0.133 e. The molecule has 0 unspecified atom stereocenters. The fourth-order valence-electron chi connectivity index (χ4n) is 1.53. The molecule has 0 fully saturated rings. The molecule has 0 spiro atoms. The smallest absolute Gasteiger partial charge is 0.133 e. The first-order valence-electron chi connectivity index (χ1n) is 6.07. The largest absolute Gasteiger partial charge is 0.490 e. The Morgan fingerprint density at radius 3 is 2.80 bits per heavy atom. The van der Waals surface area contributed by atoms with Crippen molar-refractivity contribution in [1.82, 2.24) is 15.0 Å². The Balaban J connectivity index is 1.91. The molecule has 5 nitrogen and oxygen atoms in total. The Kier molecular flexibility index (Phi) is 4.67. The highest BCUT2D eigenvalue weighted by atomic mass is 79.9. The Morgan fingerprint density at radius 2 is 2.20 bits per heavy atom. The van der Waals surface area contributed by atoms with Crippen LogP contribution in [0.5, 0.6) is 5.75 Å². The van der Waals surface area contributed by atoms with Crippen LogP contribution in [0, 0.1) is 0 Å². The number of halogens is 2. The van der Waals surface area contributed by atoms with Crippen molar-refractivity contribution in [2.45, 2.75) is 26.0 Å². The first kappa shape index (κ1) is 15.3. The van der Waals surface area contributed by atoms with Crippen molar-refractivity contribution in [1.29, 1.82) is 0 Å². The van der Waals surface area contributed by atoms with Crippen LogP contribution in [-0.4, -0.2) is 26.7 Å². The highest BCUT2D eigenvalue weighted by Crippen LogP contribution is 2.27. The van der Waals surface area contributed by atoms with Gasteiger partial charge in [0.25, 0.3) is 0 Å². The Labute approximate surface area is 130 Å². The molecule has 0 bridgehead atoms. The van der Waals surface area contributed by atoms with Gasteiger partial charge in [-0.15, -0.1) is 5.10 Å². The predicted octanol–water partition coefficient (Wildman–Crippen LogP) is 3.00. The normalized spacial score (nSPS) is 11.7. The van der Waals surface area contributed by atoms with E-state index in [1.165, 1.54) is 0 Å². The van der Waals surface area contributed by atoms with Gasteiger partial charge in [-0.05, 0) is 48.0 Å². The molecular weight excluding hydrogens is 346 g/mol. The van der Waals surface area contributed by atoms with Gasteiger partial charge in [0.1, 0.15) is 23.7 Å². The van der Waals surface area contributed by atoms with Crippen molar-refractivity contribution in [2.24, 2.45) is 0 Å². The van der Waals surface area contributed by atoms with Gasteiger partial charge in [-0.25, -0.2) is 4.68 Å². The molecule has 0 aliphatic rings. The van der Waals surface area contributed by atoms with E-state index in [1.807, 2.05) is 0 Å². The zero-order valence-electron chi connectivity index (χ0n) is 11.2. The Bertz CT molecular complexity index is 596. The van der Waals surface area contributed by atoms with Crippen molar-refractivity contribution in [3.8, 4) is 5.75 Å². The highest BCUT2D eigenvalue weighted by Gasteiger charge is 2.19. The van der Waals surface area contributed by atoms with Crippen LogP contribution in [0.3, 0.4) is 0 Å². The summed E-state index contributed by atoms with van der Waals surface area (Å²) in [6, 6.07) is 5.35. The lowest BCUT2D eigenvalue weighted by atomic mass is 10.1. The van der Waals surface area contributed by atoms with Crippen LogP contribution in [-0.2, 0) is 12.1 Å². The third-order valence-electron chi connectivity index (χ3n) is 2.64. The number of benzene rings is 1. The second-order valence-electron chi connectivity index (χ2n) is 4.85. The summed E-state index contributed by atoms with van der Waals surface area (Å²) in [6.45, 7) is 4.32. The fraction of sp³-hybridized carbons (Fsp3) is 0.385. The second-order valence-corrected chi connectivity index (χ2v) is 6.14. The number of hydrogen-bond acceptors (Lipinski definition) is 4. The molecule has 2 aromatic rings. The minimum Gasteiger partial charge on any atom is -0.490 e. The van der Waals surface area contributed by atoms with E-state index in [-0.39, 0.29) is 0 Å². The number of ether oxygens (including phenoxy) is 1. The van der Waals surface area contributed by atoms with E-state index in [2.05, 4.69) is 26.2 Å². The molecule has 1 aromatic heterocycles. The molecule has 1 heterocycles. The van der Waals surface area contributed by atoms with E-state index in [9.17, 15) is 5.11 Å². The van der Waals surface area contributed by atoms with Crippen LogP contribution in [0.15, 0.2) is 28.9 Å². The van der Waals surface area contributed by atoms with E-state index < -0.39 is 5.60 Å². The summed E-state index contributed by atoms with van der Waals surface area (Å²) in [6.07, 6.45) is 1.71. The highest BCUT2D eigenvalue weighted by molar-refractivity contribution is 9.10. The lowest BCUT2D eigenvalue weighted by molar-refractivity contribution is 0.0737. The molecule has 0 saturated heterocycles. The maximum absolute atomic E-state index is 9.80. The molecule has 108 valence electrons. The van der Waals surface area contributed by atoms with Gasteiger partial charge in [-0.2, -0.15) is 0 Å². The number of rotatable bonds is 5. The number of aliphatic hydroxyl groups is 1. The molecule has 2 rings (SSSR count). The summed E-state index contributed by atoms with van der Waals surface area (Å²) in [5.41, 5.74) is -0.455. The van der Waals surface area contributed by atoms with E-state index in [1.54, 1.807) is 42.9 Å². The number of hydrogen-bond donors (Lipinski definition) is 1. The van der Waals surface area contributed by atoms with Gasteiger partial charge < -0.3 is 9.84 Å². The van der Waals surface area contributed by atoms with Gasteiger partial charge in [-0.1, -0.05) is 16.8 Å². The summed E-state index contributed by atoms with van der Waals surface area (Å²) in [7, 11) is 0. The van der Waals surface area contributed by atoms with Gasteiger partial charge in [0.05, 0.1) is 17.2 Å². The molecule has 0 radical (unpaired) electrons. The monoisotopic (exact) mass is 359 g/mol. The summed E-state index contributed by atoms with van der Waals surface area (Å²) in [5, 5.41) is 18.3. The molecule has 0 amide bonds. The Morgan fingerprint density at radius 1 is 1.45 bits per heavy atom. The van der Waals surface area contributed by atoms with Crippen molar-refractivity contribution in [3.63, 3.8) is 0 Å². The summed E-state index contributed by atoms with van der Waals surface area (Å²) >= 11 is 9.25. The molecule has 0 saturated carbocycles. The minimum atomic E-state index is -0.988. The van der Waals surface area contributed by atoms with E-state index >= 15 is 0 Å². The molecular formula is C13H15BrClN3O2. The molecule has 0 aliphatic heterocycles. The molecule has 1 aromatic carbocycles. The van der Waals surface area contributed by atoms with Gasteiger partial charge in [0.2, 0.25) is 0 Å². The summed E-state index contributed by atoms with van der Waals surface area (Å²) < 4.78 is 8.08. The van der Waals surface area contributed by atoms with Crippen molar-refractivity contribution in [2.75, 3.05) is 6.61 Å². The molecule has 20 heavy (non-hydrogen) atoms. The van der Waals surface area contributed by atoms with Gasteiger partial charge >= 0.3 is 0 Å². The first-order chi connectivity index (χ1) is 9.36. The molecule has 1 N–H and O–H groups in total. The number of aromatic nitrogens is 3. The third-order valence-corrected chi connectivity index (χ3v) is 3.49. The molecule has 0 aliphatic carbocycles. The van der Waals surface area contributed by atoms with E-state index in [0.29, 0.717) is 23.9 Å². The maximum atomic E-state index is 9.80. The lowest BCUT2D eigenvalue weighted by Gasteiger charge is -2.12. The van der Waals surface area contributed by atoms with E-state index in [4.69, 9.17) is 16.3 Å². The van der Waals surface area contributed by atoms with Crippen LogP contribution < -0.4 is 4.74 Å². The minimum absolute atomic E-state index is 0.439. The number of nitrogens with zero attached hydrogens (tertiary/aromatic N) is 3. The standard InChI is InChI=1S/C13H15BrClN3O2/c1-13(2,19)12-8-18(17-16-12)5-6-20-11-4-3-9(15)7-10(11)14/h3-4,7-8,19H,5-6H2,1-2H3. The second kappa shape index (κ2) is 6.11. The van der Waals surface area contributed by atoms with Gasteiger partial charge in [0, 0.05) is 5.02 Å². The quantitative estimate of drug-likeness (QED) is 0.890. The van der Waals surface area contributed by atoms with Gasteiger partial charge in [-0.3, -0.25) is 0 Å². The van der Waals surface area contributed by atoms with Crippen LogP contribution in [0.25, 0.3) is 0 Å². The van der Waals surface area contributed by atoms with Crippen LogP contribution in [0.2, 0.25) is 5.02 Å². The van der Waals surface area contributed by atoms with Crippen LogP contribution >= 0.6 is 27.5 Å². The lowest BCUT2D eigenvalue weighted by Crippen LogP contribution is -2.16. The SMILES string of the molecule is CC(C)(O)c1cn(CCOc2ccc(Cl)cc2Br)nn1. The van der Waals surface area contributed by atoms with Crippen LogP contribution in [0.4, 0.5) is 0 Å². The van der Waals surface area contributed by atoms with Crippen molar-refractivity contribution in [3.05, 3.63) is 39.6 Å². The third kappa shape index (κ3) is 3.94. The predicted molar refractivity (Wildman–Crippen MR) is 79.9 cm³/mol. The average molecular weight is 361 g/mol. The van der Waals surface area contributed by atoms with Crippen molar-refractivity contribution >= 4 is 27.5 Å². The van der Waals surface area contributed by atoms with Gasteiger partial charge in [0.15, 0.2) is 0 Å². The van der Waals surface area contributed by atoms with E-state index in [0.717, 1.165) is 10.2 Å². The zero-order chi connectivity index (χ0) is 14.8. The zero-order valence-corrected chi connectivity index (χ0v) is 13.5. The molecule has 7 heteroatoms. The van der Waals surface area contributed by atoms with Crippen LogP contribution in [0.1, 0.15) is 19.5 Å². The fourth-order valence-corrected chi connectivity index (χ4v) is 2.33. The Hall–Kier alpha value is -1.11. The summed E-state index contributed by atoms with van der Waals surface area (Å²) in [5.74, 6) is 0.720. The molecule has 0 atom stereocenters. The average Bonchev–Trinajstić information content (AvgIpc) is 2.80. The van der Waals surface area contributed by atoms with Crippen molar-refractivity contribution < 1.29 is 9.84 Å². The first-order valence-corrected chi connectivity index (χ1v) is 7.24. The summed E-state index contributed by atoms with van der Waals surface area (Å²) in [4.78, 5) is 0.